The Morgan fingerprint density at radius 1 is 1.26 bits per heavy atom. The van der Waals surface area contributed by atoms with Gasteiger partial charge >= 0.3 is 0 Å². The molecular weight excluding hydrogens is 268 g/mol. The van der Waals surface area contributed by atoms with Crippen LogP contribution in [0, 0.1) is 0 Å². The summed E-state index contributed by atoms with van der Waals surface area (Å²) < 4.78 is 21.8. The van der Waals surface area contributed by atoms with Crippen LogP contribution in [0.2, 0.25) is 0 Å². The van der Waals surface area contributed by atoms with E-state index in [2.05, 4.69) is 15.5 Å². The van der Waals surface area contributed by atoms with Crippen LogP contribution in [-0.2, 0) is 15.8 Å². The summed E-state index contributed by atoms with van der Waals surface area (Å²) in [6, 6.07) is 7.94. The number of carbonyl (C=O) groups is 1. The number of nitrogens with two attached hydrogens (primary N) is 1. The number of nitrogens with one attached hydrogen (secondary N) is 2. The van der Waals surface area contributed by atoms with Gasteiger partial charge in [0.25, 0.3) is 5.91 Å². The van der Waals surface area contributed by atoms with Crippen LogP contribution in [-0.4, -0.2) is 24.5 Å². The molecule has 19 heavy (non-hydrogen) atoms. The van der Waals surface area contributed by atoms with E-state index < -0.39 is 10.0 Å². The molecule has 1 aromatic heterocycles. The molecule has 0 fully saturated rings. The standard InChI is InChI=1S/C11H12N4O3S/c12-19(17,18)7-8-1-3-9(4-2-8)14-11(16)10-5-6-13-15-10/h1-6H,7H2,(H,13,15)(H,14,16)(H2,12,17,18). The highest BCUT2D eigenvalue weighted by Gasteiger charge is 2.08. The van der Waals surface area contributed by atoms with Crippen LogP contribution in [0.4, 0.5) is 5.69 Å². The van der Waals surface area contributed by atoms with Gasteiger partial charge in [-0.15, -0.1) is 0 Å². The maximum atomic E-state index is 11.7. The molecule has 0 aliphatic heterocycles. The summed E-state index contributed by atoms with van der Waals surface area (Å²) in [4.78, 5) is 11.7. The van der Waals surface area contributed by atoms with E-state index in [0.29, 0.717) is 16.9 Å². The lowest BCUT2D eigenvalue weighted by Gasteiger charge is -2.05. The Balaban J connectivity index is 2.05. The van der Waals surface area contributed by atoms with Gasteiger partial charge in [0.2, 0.25) is 10.0 Å². The minimum atomic E-state index is -3.55. The fourth-order valence-electron chi connectivity index (χ4n) is 1.50. The van der Waals surface area contributed by atoms with Crippen molar-refractivity contribution in [2.45, 2.75) is 5.75 Å². The van der Waals surface area contributed by atoms with Crippen LogP contribution in [0.15, 0.2) is 36.5 Å². The monoisotopic (exact) mass is 280 g/mol. The van der Waals surface area contributed by atoms with Gasteiger partial charge in [-0.1, -0.05) is 12.1 Å². The quantitative estimate of drug-likeness (QED) is 0.753. The van der Waals surface area contributed by atoms with E-state index >= 15 is 0 Å². The molecule has 0 radical (unpaired) electrons. The Morgan fingerprint density at radius 2 is 1.95 bits per heavy atom. The lowest BCUT2D eigenvalue weighted by molar-refractivity contribution is 0.102. The van der Waals surface area contributed by atoms with Gasteiger partial charge in [-0.05, 0) is 23.8 Å². The molecule has 8 heteroatoms. The van der Waals surface area contributed by atoms with Crippen LogP contribution < -0.4 is 10.5 Å². The summed E-state index contributed by atoms with van der Waals surface area (Å²) in [6.07, 6.45) is 1.48. The number of H-pyrrole nitrogens is 1. The highest BCUT2D eigenvalue weighted by Crippen LogP contribution is 2.12. The van der Waals surface area contributed by atoms with Gasteiger partial charge in [0.05, 0.1) is 5.75 Å². The van der Waals surface area contributed by atoms with Gasteiger partial charge in [-0.2, -0.15) is 5.10 Å². The van der Waals surface area contributed by atoms with Crippen molar-refractivity contribution >= 4 is 21.6 Å². The minimum Gasteiger partial charge on any atom is -0.321 e. The molecule has 1 aromatic carbocycles. The third-order valence-corrected chi connectivity index (χ3v) is 3.06. The summed E-state index contributed by atoms with van der Waals surface area (Å²) in [5.74, 6) is -0.557. The summed E-state index contributed by atoms with van der Waals surface area (Å²) >= 11 is 0. The molecule has 2 rings (SSSR count). The van der Waals surface area contributed by atoms with Crippen molar-refractivity contribution in [2.24, 2.45) is 5.14 Å². The number of anilines is 1. The number of amides is 1. The number of nitrogens with zero attached hydrogens (tertiary/aromatic N) is 1. The molecular formula is C11H12N4O3S. The van der Waals surface area contributed by atoms with E-state index in [1.807, 2.05) is 0 Å². The molecule has 7 nitrogen and oxygen atoms in total. The summed E-state index contributed by atoms with van der Waals surface area (Å²) in [6.45, 7) is 0. The third kappa shape index (κ3) is 3.90. The van der Waals surface area contributed by atoms with Gasteiger partial charge in [-0.25, -0.2) is 13.6 Å². The molecule has 0 aliphatic carbocycles. The van der Waals surface area contributed by atoms with E-state index in [1.54, 1.807) is 30.3 Å². The van der Waals surface area contributed by atoms with E-state index in [0.717, 1.165) is 0 Å². The predicted octanol–water partition coefficient (Wildman–Crippen LogP) is 0.450. The van der Waals surface area contributed by atoms with E-state index in [-0.39, 0.29) is 11.7 Å². The number of benzene rings is 1. The van der Waals surface area contributed by atoms with E-state index in [9.17, 15) is 13.2 Å². The number of hydrogen-bond acceptors (Lipinski definition) is 4. The van der Waals surface area contributed by atoms with Crippen molar-refractivity contribution in [1.82, 2.24) is 10.2 Å². The summed E-state index contributed by atoms with van der Waals surface area (Å²) in [5.41, 5.74) is 1.45. The molecule has 0 spiro atoms. The first-order valence-corrected chi connectivity index (χ1v) is 7.06. The zero-order valence-electron chi connectivity index (χ0n) is 9.83. The topological polar surface area (TPSA) is 118 Å². The number of sulfonamides is 1. The Kier molecular flexibility index (Phi) is 3.63. The normalized spacial score (nSPS) is 11.2. The molecule has 100 valence electrons. The number of primary sulfonamides is 1. The zero-order valence-corrected chi connectivity index (χ0v) is 10.6. The summed E-state index contributed by atoms with van der Waals surface area (Å²) in [5, 5.41) is 13.8. The minimum absolute atomic E-state index is 0.234. The van der Waals surface area contributed by atoms with Gasteiger partial charge < -0.3 is 5.32 Å². The van der Waals surface area contributed by atoms with Crippen LogP contribution in [0.25, 0.3) is 0 Å². The number of aromatic nitrogens is 2. The lowest BCUT2D eigenvalue weighted by atomic mass is 10.2. The van der Waals surface area contributed by atoms with Crippen LogP contribution >= 0.6 is 0 Å². The first-order valence-electron chi connectivity index (χ1n) is 5.34. The molecule has 1 heterocycles. The summed E-state index contributed by atoms with van der Waals surface area (Å²) in [7, 11) is -3.55. The van der Waals surface area contributed by atoms with Crippen molar-refractivity contribution in [3.8, 4) is 0 Å². The number of rotatable bonds is 4. The van der Waals surface area contributed by atoms with E-state index in [4.69, 9.17) is 5.14 Å². The Morgan fingerprint density at radius 3 is 2.47 bits per heavy atom. The average Bonchev–Trinajstić information content (AvgIpc) is 2.83. The van der Waals surface area contributed by atoms with Gasteiger partial charge in [0.15, 0.2) is 0 Å². The van der Waals surface area contributed by atoms with Crippen LogP contribution in [0.1, 0.15) is 16.1 Å². The second-order valence-electron chi connectivity index (χ2n) is 3.93. The molecule has 0 atom stereocenters. The van der Waals surface area contributed by atoms with Crippen LogP contribution in [0.5, 0.6) is 0 Å². The third-order valence-electron chi connectivity index (χ3n) is 2.33. The van der Waals surface area contributed by atoms with Crippen LogP contribution in [0.3, 0.4) is 0 Å². The van der Waals surface area contributed by atoms with Crippen molar-refractivity contribution in [2.75, 3.05) is 5.32 Å². The first kappa shape index (κ1) is 13.2. The van der Waals surface area contributed by atoms with Gasteiger partial charge in [0, 0.05) is 11.9 Å². The molecule has 0 saturated carbocycles. The highest BCUT2D eigenvalue weighted by atomic mass is 32.2. The number of hydrogen-bond donors (Lipinski definition) is 3. The van der Waals surface area contributed by atoms with Crippen molar-refractivity contribution in [1.29, 1.82) is 0 Å². The molecule has 4 N–H and O–H groups in total. The lowest BCUT2D eigenvalue weighted by Crippen LogP contribution is -2.15. The second kappa shape index (κ2) is 5.21. The fourth-order valence-corrected chi connectivity index (χ4v) is 2.15. The maximum absolute atomic E-state index is 11.7. The van der Waals surface area contributed by atoms with Crippen molar-refractivity contribution in [3.63, 3.8) is 0 Å². The molecule has 1 amide bonds. The molecule has 0 bridgehead atoms. The molecule has 0 aliphatic rings. The van der Waals surface area contributed by atoms with Crippen molar-refractivity contribution in [3.05, 3.63) is 47.8 Å². The molecule has 2 aromatic rings. The SMILES string of the molecule is NS(=O)(=O)Cc1ccc(NC(=O)c2ccn[nH]2)cc1. The largest absolute Gasteiger partial charge is 0.321 e. The maximum Gasteiger partial charge on any atom is 0.273 e. The first-order chi connectivity index (χ1) is 8.94. The Bertz CT molecular complexity index is 662. The number of carbonyl (C=O) groups excluding carboxylic acids is 1. The fraction of sp³-hybridized carbons (Fsp3) is 0.0909. The zero-order chi connectivity index (χ0) is 13.9. The highest BCUT2D eigenvalue weighted by molar-refractivity contribution is 7.88. The number of aromatic amines is 1. The second-order valence-corrected chi connectivity index (χ2v) is 5.54. The molecule has 0 saturated heterocycles. The van der Waals surface area contributed by atoms with Crippen molar-refractivity contribution < 1.29 is 13.2 Å². The van der Waals surface area contributed by atoms with Gasteiger partial charge in [0.1, 0.15) is 5.69 Å². The Hall–Kier alpha value is -2.19. The average molecular weight is 280 g/mol. The Labute approximate surface area is 109 Å². The smallest absolute Gasteiger partial charge is 0.273 e. The van der Waals surface area contributed by atoms with Gasteiger partial charge in [-0.3, -0.25) is 9.89 Å². The van der Waals surface area contributed by atoms with E-state index in [1.165, 1.54) is 6.20 Å². The predicted molar refractivity (Wildman–Crippen MR) is 69.8 cm³/mol. The molecule has 0 unspecified atom stereocenters.